The molecular formula is C12H23NO3. The van der Waals surface area contributed by atoms with Crippen LogP contribution in [-0.2, 0) is 9.53 Å². The smallest absolute Gasteiger partial charge is 0.305 e. The van der Waals surface area contributed by atoms with E-state index in [1.807, 2.05) is 0 Å². The van der Waals surface area contributed by atoms with Crippen LogP contribution in [0.25, 0.3) is 0 Å². The first kappa shape index (κ1) is 13.5. The highest BCUT2D eigenvalue weighted by Gasteiger charge is 2.21. The standard InChI is InChI=1S/C12H23NO3/c1-16-12(15)7-4-10-2-5-11(6-3-10)13-8-9-14/h10-11,13-14H,2-9H2,1H3. The molecule has 4 heteroatoms. The molecule has 0 aromatic rings. The monoisotopic (exact) mass is 229 g/mol. The Morgan fingerprint density at radius 2 is 2.06 bits per heavy atom. The van der Waals surface area contributed by atoms with Gasteiger partial charge < -0.3 is 15.2 Å². The van der Waals surface area contributed by atoms with Crippen molar-refractivity contribution in [2.45, 2.75) is 44.6 Å². The Morgan fingerprint density at radius 1 is 1.38 bits per heavy atom. The maximum Gasteiger partial charge on any atom is 0.305 e. The van der Waals surface area contributed by atoms with Crippen molar-refractivity contribution >= 4 is 5.97 Å². The first-order valence-electron chi connectivity index (χ1n) is 6.17. The van der Waals surface area contributed by atoms with Crippen molar-refractivity contribution in [3.8, 4) is 0 Å². The van der Waals surface area contributed by atoms with E-state index >= 15 is 0 Å². The molecule has 1 fully saturated rings. The number of rotatable bonds is 6. The molecular weight excluding hydrogens is 206 g/mol. The number of nitrogens with one attached hydrogen (secondary N) is 1. The SMILES string of the molecule is COC(=O)CCC1CCC(NCCO)CC1. The van der Waals surface area contributed by atoms with E-state index in [1.165, 1.54) is 20.0 Å². The summed E-state index contributed by atoms with van der Waals surface area (Å²) in [7, 11) is 1.44. The van der Waals surface area contributed by atoms with Crippen LogP contribution >= 0.6 is 0 Å². The molecule has 0 heterocycles. The van der Waals surface area contributed by atoms with Gasteiger partial charge in [0.2, 0.25) is 0 Å². The zero-order chi connectivity index (χ0) is 11.8. The highest BCUT2D eigenvalue weighted by atomic mass is 16.5. The number of hydrogen-bond donors (Lipinski definition) is 2. The highest BCUT2D eigenvalue weighted by molar-refractivity contribution is 5.69. The number of aliphatic hydroxyl groups is 1. The van der Waals surface area contributed by atoms with Gasteiger partial charge in [-0.1, -0.05) is 0 Å². The quantitative estimate of drug-likeness (QED) is 0.669. The Labute approximate surface area is 97.4 Å². The maximum atomic E-state index is 11.0. The number of carbonyl (C=O) groups is 1. The largest absolute Gasteiger partial charge is 0.469 e. The lowest BCUT2D eigenvalue weighted by atomic mass is 9.83. The lowest BCUT2D eigenvalue weighted by molar-refractivity contribution is -0.141. The summed E-state index contributed by atoms with van der Waals surface area (Å²) in [5.74, 6) is 0.576. The molecule has 0 spiro atoms. The van der Waals surface area contributed by atoms with Gasteiger partial charge in [0.15, 0.2) is 0 Å². The molecule has 1 aliphatic carbocycles. The van der Waals surface area contributed by atoms with Crippen LogP contribution in [0.5, 0.6) is 0 Å². The van der Waals surface area contributed by atoms with Gasteiger partial charge in [-0.15, -0.1) is 0 Å². The number of ether oxygens (including phenoxy) is 1. The fourth-order valence-electron chi connectivity index (χ4n) is 2.35. The summed E-state index contributed by atoms with van der Waals surface area (Å²) in [4.78, 5) is 11.0. The molecule has 1 rings (SSSR count). The van der Waals surface area contributed by atoms with Crippen LogP contribution in [0.3, 0.4) is 0 Å². The Balaban J connectivity index is 2.09. The van der Waals surface area contributed by atoms with Crippen LogP contribution in [0.15, 0.2) is 0 Å². The number of esters is 1. The van der Waals surface area contributed by atoms with E-state index in [2.05, 4.69) is 10.1 Å². The first-order valence-corrected chi connectivity index (χ1v) is 6.17. The van der Waals surface area contributed by atoms with Gasteiger partial charge in [-0.3, -0.25) is 4.79 Å². The summed E-state index contributed by atoms with van der Waals surface area (Å²) < 4.78 is 4.64. The second-order valence-electron chi connectivity index (χ2n) is 4.51. The predicted octanol–water partition coefficient (Wildman–Crippen LogP) is 1.08. The molecule has 0 aliphatic heterocycles. The summed E-state index contributed by atoms with van der Waals surface area (Å²) >= 11 is 0. The fraction of sp³-hybridized carbons (Fsp3) is 0.917. The Hall–Kier alpha value is -0.610. The second-order valence-corrected chi connectivity index (χ2v) is 4.51. The van der Waals surface area contributed by atoms with Crippen LogP contribution in [0.1, 0.15) is 38.5 Å². The third-order valence-corrected chi connectivity index (χ3v) is 3.38. The molecule has 0 aromatic carbocycles. The van der Waals surface area contributed by atoms with Gasteiger partial charge in [0.25, 0.3) is 0 Å². The predicted molar refractivity (Wildman–Crippen MR) is 62.1 cm³/mol. The second kappa shape index (κ2) is 7.63. The zero-order valence-corrected chi connectivity index (χ0v) is 10.1. The van der Waals surface area contributed by atoms with Gasteiger partial charge in [0, 0.05) is 19.0 Å². The van der Waals surface area contributed by atoms with E-state index in [0.29, 0.717) is 24.9 Å². The third kappa shape index (κ3) is 4.94. The van der Waals surface area contributed by atoms with Gasteiger partial charge in [-0.2, -0.15) is 0 Å². The van der Waals surface area contributed by atoms with Crippen molar-refractivity contribution in [3.63, 3.8) is 0 Å². The Bertz CT molecular complexity index is 200. The van der Waals surface area contributed by atoms with Crippen molar-refractivity contribution in [1.82, 2.24) is 5.32 Å². The molecule has 1 saturated carbocycles. The van der Waals surface area contributed by atoms with Crippen LogP contribution in [0.2, 0.25) is 0 Å². The van der Waals surface area contributed by atoms with Crippen LogP contribution in [-0.4, -0.2) is 37.4 Å². The average Bonchev–Trinajstić information content (AvgIpc) is 2.34. The van der Waals surface area contributed by atoms with E-state index in [0.717, 1.165) is 19.3 Å². The lowest BCUT2D eigenvalue weighted by Crippen LogP contribution is -2.35. The summed E-state index contributed by atoms with van der Waals surface area (Å²) in [6.07, 6.45) is 6.19. The van der Waals surface area contributed by atoms with E-state index in [1.54, 1.807) is 0 Å². The molecule has 16 heavy (non-hydrogen) atoms. The first-order chi connectivity index (χ1) is 7.76. The lowest BCUT2D eigenvalue weighted by Gasteiger charge is -2.28. The molecule has 0 saturated heterocycles. The van der Waals surface area contributed by atoms with Crippen molar-refractivity contribution in [1.29, 1.82) is 0 Å². The number of methoxy groups -OCH3 is 1. The minimum absolute atomic E-state index is 0.0967. The van der Waals surface area contributed by atoms with Gasteiger partial charge in [-0.25, -0.2) is 0 Å². The van der Waals surface area contributed by atoms with Crippen LogP contribution in [0.4, 0.5) is 0 Å². The average molecular weight is 229 g/mol. The maximum absolute atomic E-state index is 11.0. The topological polar surface area (TPSA) is 58.6 Å². The summed E-state index contributed by atoms with van der Waals surface area (Å²) in [5.41, 5.74) is 0. The summed E-state index contributed by atoms with van der Waals surface area (Å²) in [6.45, 7) is 0.903. The van der Waals surface area contributed by atoms with Gasteiger partial charge >= 0.3 is 5.97 Å². The molecule has 94 valence electrons. The third-order valence-electron chi connectivity index (χ3n) is 3.38. The van der Waals surface area contributed by atoms with E-state index in [9.17, 15) is 4.79 Å². The summed E-state index contributed by atoms with van der Waals surface area (Å²) in [5, 5.41) is 12.0. The van der Waals surface area contributed by atoms with Crippen molar-refractivity contribution in [2.75, 3.05) is 20.3 Å². The normalized spacial score (nSPS) is 25.4. The van der Waals surface area contributed by atoms with E-state index in [-0.39, 0.29) is 12.6 Å². The minimum atomic E-state index is -0.0967. The molecule has 0 atom stereocenters. The van der Waals surface area contributed by atoms with Crippen molar-refractivity contribution in [2.24, 2.45) is 5.92 Å². The van der Waals surface area contributed by atoms with E-state index < -0.39 is 0 Å². The molecule has 2 N–H and O–H groups in total. The molecule has 1 aliphatic rings. The Kier molecular flexibility index (Phi) is 6.42. The van der Waals surface area contributed by atoms with Gasteiger partial charge in [0.1, 0.15) is 0 Å². The number of aliphatic hydroxyl groups excluding tert-OH is 1. The molecule has 0 unspecified atom stereocenters. The number of hydrogen-bond acceptors (Lipinski definition) is 4. The fourth-order valence-corrected chi connectivity index (χ4v) is 2.35. The molecule has 0 aromatic heterocycles. The van der Waals surface area contributed by atoms with Crippen molar-refractivity contribution in [3.05, 3.63) is 0 Å². The molecule has 0 amide bonds. The van der Waals surface area contributed by atoms with Crippen LogP contribution in [0, 0.1) is 5.92 Å². The van der Waals surface area contributed by atoms with Gasteiger partial charge in [-0.05, 0) is 38.0 Å². The summed E-state index contributed by atoms with van der Waals surface area (Å²) in [6, 6.07) is 0.557. The molecule has 4 nitrogen and oxygen atoms in total. The van der Waals surface area contributed by atoms with Crippen molar-refractivity contribution < 1.29 is 14.6 Å². The van der Waals surface area contributed by atoms with Gasteiger partial charge in [0.05, 0.1) is 13.7 Å². The zero-order valence-electron chi connectivity index (χ0n) is 10.1. The molecule has 0 bridgehead atoms. The highest BCUT2D eigenvalue weighted by Crippen LogP contribution is 2.27. The Morgan fingerprint density at radius 3 is 2.62 bits per heavy atom. The van der Waals surface area contributed by atoms with E-state index in [4.69, 9.17) is 5.11 Å². The molecule has 0 radical (unpaired) electrons. The van der Waals surface area contributed by atoms with Crippen LogP contribution < -0.4 is 5.32 Å². The number of carbonyl (C=O) groups excluding carboxylic acids is 1. The minimum Gasteiger partial charge on any atom is -0.469 e.